The molecule has 0 aliphatic carbocycles. The molecule has 1 aliphatic rings. The molecule has 0 saturated carbocycles. The highest BCUT2D eigenvalue weighted by Crippen LogP contribution is 2.28. The van der Waals surface area contributed by atoms with Crippen molar-refractivity contribution in [2.75, 3.05) is 7.05 Å². The number of nitrogens with one attached hydrogen (secondary N) is 1. The van der Waals surface area contributed by atoms with E-state index >= 15 is 0 Å². The van der Waals surface area contributed by atoms with Gasteiger partial charge in [-0.05, 0) is 57.4 Å². The number of halogens is 1. The molecule has 2 heterocycles. The smallest absolute Gasteiger partial charge is 0.257 e. The Morgan fingerprint density at radius 2 is 2.09 bits per heavy atom. The van der Waals surface area contributed by atoms with E-state index in [9.17, 15) is 19.2 Å². The molecule has 1 aliphatic heterocycles. The van der Waals surface area contributed by atoms with E-state index < -0.39 is 17.2 Å². The van der Waals surface area contributed by atoms with Crippen LogP contribution in [0, 0.1) is 30.0 Å². The molecule has 3 atom stereocenters. The molecule has 0 radical (unpaired) electrons. The van der Waals surface area contributed by atoms with Gasteiger partial charge >= 0.3 is 0 Å². The van der Waals surface area contributed by atoms with Crippen molar-refractivity contribution < 1.29 is 9.18 Å². The molecule has 3 rings (SSSR count). The van der Waals surface area contributed by atoms with E-state index in [1.165, 1.54) is 18.3 Å². The second kappa shape index (κ2) is 10.1. The molecule has 1 N–H and O–H groups in total. The van der Waals surface area contributed by atoms with Crippen molar-refractivity contribution in [3.63, 3.8) is 0 Å². The third kappa shape index (κ3) is 5.07. The topological polar surface area (TPSA) is 78.1 Å². The first kappa shape index (κ1) is 24.4. The number of carbonyl (C=O) groups is 1. The minimum Gasteiger partial charge on any atom is -0.348 e. The molecule has 1 fully saturated rings. The van der Waals surface area contributed by atoms with Gasteiger partial charge in [-0.25, -0.2) is 4.39 Å². The highest BCUT2D eigenvalue weighted by molar-refractivity contribution is 5.94. The SMILES string of the molecule is C=Cc1c(C#N)c(=O)c(C(=O)NCc2ccc(C)cc2F)cn1CC1C(C)CCC(C)N1C. The van der Waals surface area contributed by atoms with Crippen LogP contribution in [0.2, 0.25) is 0 Å². The second-order valence-electron chi connectivity index (χ2n) is 9.01. The number of benzene rings is 1. The Morgan fingerprint density at radius 1 is 1.36 bits per heavy atom. The molecule has 1 amide bonds. The van der Waals surface area contributed by atoms with Crippen molar-refractivity contribution in [2.45, 2.75) is 58.8 Å². The molecule has 7 heteroatoms. The first-order valence-electron chi connectivity index (χ1n) is 11.2. The number of likely N-dealkylation sites (tertiary alicyclic amines) is 1. The minimum atomic E-state index is -0.649. The summed E-state index contributed by atoms with van der Waals surface area (Å²) in [5.41, 5.74) is 0.609. The summed E-state index contributed by atoms with van der Waals surface area (Å²) in [4.78, 5) is 28.2. The van der Waals surface area contributed by atoms with Gasteiger partial charge < -0.3 is 9.88 Å². The molecule has 1 saturated heterocycles. The van der Waals surface area contributed by atoms with E-state index in [0.717, 1.165) is 18.4 Å². The molecular weight excluding hydrogens is 419 g/mol. The number of piperidine rings is 1. The highest BCUT2D eigenvalue weighted by atomic mass is 19.1. The number of aryl methyl sites for hydroxylation is 1. The van der Waals surface area contributed by atoms with Crippen molar-refractivity contribution in [3.05, 3.63) is 75.0 Å². The lowest BCUT2D eigenvalue weighted by atomic mass is 9.87. The molecule has 0 spiro atoms. The number of hydrogen-bond donors (Lipinski definition) is 1. The zero-order valence-electron chi connectivity index (χ0n) is 19.7. The maximum absolute atomic E-state index is 14.2. The molecule has 1 aromatic heterocycles. The van der Waals surface area contributed by atoms with E-state index in [1.54, 1.807) is 23.6 Å². The van der Waals surface area contributed by atoms with Gasteiger partial charge in [0.2, 0.25) is 5.43 Å². The molecule has 2 aromatic rings. The summed E-state index contributed by atoms with van der Waals surface area (Å²) >= 11 is 0. The summed E-state index contributed by atoms with van der Waals surface area (Å²) in [6.45, 7) is 10.4. The first-order chi connectivity index (χ1) is 15.7. The first-order valence-corrected chi connectivity index (χ1v) is 11.2. The molecular formula is C26H31FN4O2. The quantitative estimate of drug-likeness (QED) is 0.725. The summed E-state index contributed by atoms with van der Waals surface area (Å²) in [6.07, 6.45) is 5.18. The standard InChI is InChI=1S/C26H31FN4O2/c1-6-23-20(12-28)25(32)21(26(33)29-13-19-10-7-16(2)11-22(19)27)14-31(23)15-24-17(3)8-9-18(4)30(24)5/h6-7,10-11,14,17-18,24H,1,8-9,13,15H2,2-5H3,(H,29,33). The van der Waals surface area contributed by atoms with Crippen LogP contribution >= 0.6 is 0 Å². The summed E-state index contributed by atoms with van der Waals surface area (Å²) < 4.78 is 15.9. The van der Waals surface area contributed by atoms with Crippen molar-refractivity contribution in [3.8, 4) is 6.07 Å². The minimum absolute atomic E-state index is 0.0601. The van der Waals surface area contributed by atoms with Gasteiger partial charge in [-0.1, -0.05) is 25.6 Å². The maximum atomic E-state index is 14.2. The average Bonchev–Trinajstić information content (AvgIpc) is 2.78. The maximum Gasteiger partial charge on any atom is 0.257 e. The van der Waals surface area contributed by atoms with Gasteiger partial charge in [0.15, 0.2) is 0 Å². The summed E-state index contributed by atoms with van der Waals surface area (Å²) in [5, 5.41) is 12.3. The number of amides is 1. The van der Waals surface area contributed by atoms with Crippen LogP contribution in [0.15, 0.2) is 35.8 Å². The monoisotopic (exact) mass is 450 g/mol. The third-order valence-corrected chi connectivity index (χ3v) is 6.82. The second-order valence-corrected chi connectivity index (χ2v) is 9.01. The molecule has 3 unspecified atom stereocenters. The van der Waals surface area contributed by atoms with E-state index in [4.69, 9.17) is 0 Å². The Labute approximate surface area is 194 Å². The van der Waals surface area contributed by atoms with E-state index in [2.05, 4.69) is 37.7 Å². The van der Waals surface area contributed by atoms with Gasteiger partial charge in [0.25, 0.3) is 5.91 Å². The normalized spacial score (nSPS) is 20.8. The lowest BCUT2D eigenvalue weighted by Gasteiger charge is -2.42. The number of carbonyl (C=O) groups excluding carboxylic acids is 1. The van der Waals surface area contributed by atoms with Crippen molar-refractivity contribution >= 4 is 12.0 Å². The highest BCUT2D eigenvalue weighted by Gasteiger charge is 2.31. The van der Waals surface area contributed by atoms with Gasteiger partial charge in [0, 0.05) is 36.9 Å². The number of likely N-dealkylation sites (N-methyl/N-ethyl adjacent to an activating group) is 1. The summed E-state index contributed by atoms with van der Waals surface area (Å²) in [6, 6.07) is 7.30. The molecule has 6 nitrogen and oxygen atoms in total. The number of nitrogens with zero attached hydrogens (tertiary/aromatic N) is 3. The lowest BCUT2D eigenvalue weighted by Crippen LogP contribution is -2.49. The average molecular weight is 451 g/mol. The number of pyridine rings is 1. The van der Waals surface area contributed by atoms with Crippen molar-refractivity contribution in [1.29, 1.82) is 5.26 Å². The van der Waals surface area contributed by atoms with Gasteiger partial charge in [0.05, 0.1) is 5.69 Å². The van der Waals surface area contributed by atoms with Crippen LogP contribution < -0.4 is 10.7 Å². The molecule has 0 bridgehead atoms. The van der Waals surface area contributed by atoms with Gasteiger partial charge in [-0.3, -0.25) is 14.5 Å². The van der Waals surface area contributed by atoms with Crippen LogP contribution in [0.5, 0.6) is 0 Å². The van der Waals surface area contributed by atoms with Crippen LogP contribution in [-0.4, -0.2) is 34.5 Å². The third-order valence-electron chi connectivity index (χ3n) is 6.82. The van der Waals surface area contributed by atoms with Gasteiger partial charge in [0.1, 0.15) is 23.0 Å². The van der Waals surface area contributed by atoms with Crippen molar-refractivity contribution in [1.82, 2.24) is 14.8 Å². The Balaban J connectivity index is 1.95. The number of nitriles is 1. The zero-order valence-corrected chi connectivity index (χ0v) is 19.7. The Morgan fingerprint density at radius 3 is 2.73 bits per heavy atom. The van der Waals surface area contributed by atoms with Crippen LogP contribution in [0.4, 0.5) is 4.39 Å². The van der Waals surface area contributed by atoms with Crippen LogP contribution in [0.25, 0.3) is 6.08 Å². The largest absolute Gasteiger partial charge is 0.348 e. The Hall–Kier alpha value is -3.24. The fraction of sp³-hybridized carbons (Fsp3) is 0.423. The Kier molecular flexibility index (Phi) is 7.50. The van der Waals surface area contributed by atoms with Gasteiger partial charge in [-0.15, -0.1) is 0 Å². The van der Waals surface area contributed by atoms with Crippen LogP contribution in [-0.2, 0) is 13.1 Å². The fourth-order valence-corrected chi connectivity index (χ4v) is 4.52. The van der Waals surface area contributed by atoms with Crippen LogP contribution in [0.3, 0.4) is 0 Å². The zero-order chi connectivity index (χ0) is 24.3. The number of aromatic nitrogens is 1. The lowest BCUT2D eigenvalue weighted by molar-refractivity contribution is 0.0688. The summed E-state index contributed by atoms with van der Waals surface area (Å²) in [5.74, 6) is -0.647. The Bertz CT molecular complexity index is 1160. The van der Waals surface area contributed by atoms with E-state index in [-0.39, 0.29) is 23.7 Å². The predicted octanol–water partition coefficient (Wildman–Crippen LogP) is 3.86. The number of rotatable bonds is 6. The molecule has 33 heavy (non-hydrogen) atoms. The van der Waals surface area contributed by atoms with Crippen molar-refractivity contribution in [2.24, 2.45) is 5.92 Å². The fourth-order valence-electron chi connectivity index (χ4n) is 4.52. The van der Waals surface area contributed by atoms with E-state index in [1.807, 2.05) is 6.07 Å². The molecule has 174 valence electrons. The van der Waals surface area contributed by atoms with Gasteiger partial charge in [-0.2, -0.15) is 5.26 Å². The molecule has 1 aromatic carbocycles. The predicted molar refractivity (Wildman–Crippen MR) is 127 cm³/mol. The number of hydrogen-bond acceptors (Lipinski definition) is 4. The summed E-state index contributed by atoms with van der Waals surface area (Å²) in [7, 11) is 2.08. The van der Waals surface area contributed by atoms with Crippen LogP contribution in [0.1, 0.15) is 59.4 Å². The van der Waals surface area contributed by atoms with E-state index in [0.29, 0.717) is 29.8 Å².